The number of benzene rings is 2. The maximum absolute atomic E-state index is 13.1. The second-order valence-electron chi connectivity index (χ2n) is 5.99. The minimum absolute atomic E-state index is 0.183. The first-order chi connectivity index (χ1) is 12.8. The van der Waals surface area contributed by atoms with Crippen molar-refractivity contribution in [3.63, 3.8) is 0 Å². The van der Waals surface area contributed by atoms with E-state index in [4.69, 9.17) is 4.74 Å². The SMILES string of the molecule is O=C(c1ccc(S(=O)(=O)C(F)F)cc1)N1CCOC(c2ccc(F)cc2)C1. The molecule has 0 saturated carbocycles. The zero-order chi connectivity index (χ0) is 19.6. The normalized spacial score (nSPS) is 17.9. The van der Waals surface area contributed by atoms with Gasteiger partial charge in [-0.15, -0.1) is 0 Å². The van der Waals surface area contributed by atoms with Crippen molar-refractivity contribution in [3.05, 3.63) is 65.5 Å². The molecule has 0 aromatic heterocycles. The minimum Gasteiger partial charge on any atom is -0.370 e. The standard InChI is InChI=1S/C18H16F3NO4S/c19-14-5-1-12(2-6-14)16-11-22(9-10-26-16)17(23)13-3-7-15(8-4-13)27(24,25)18(20)21/h1-8,16,18H,9-11H2. The van der Waals surface area contributed by atoms with Gasteiger partial charge in [-0.2, -0.15) is 8.78 Å². The fraction of sp³-hybridized carbons (Fsp3) is 0.278. The third kappa shape index (κ3) is 4.14. The number of rotatable bonds is 4. The van der Waals surface area contributed by atoms with Crippen LogP contribution in [0.3, 0.4) is 0 Å². The van der Waals surface area contributed by atoms with Crippen LogP contribution in [0, 0.1) is 5.82 Å². The first-order valence-corrected chi connectivity index (χ1v) is 9.62. The van der Waals surface area contributed by atoms with Crippen LogP contribution < -0.4 is 0 Å². The topological polar surface area (TPSA) is 63.7 Å². The van der Waals surface area contributed by atoms with Gasteiger partial charge in [-0.1, -0.05) is 12.1 Å². The Labute approximate surface area is 154 Å². The molecule has 2 aromatic carbocycles. The van der Waals surface area contributed by atoms with E-state index in [1.54, 1.807) is 12.1 Å². The predicted molar refractivity (Wildman–Crippen MR) is 90.6 cm³/mol. The molecular weight excluding hydrogens is 383 g/mol. The molecule has 1 fully saturated rings. The minimum atomic E-state index is -4.70. The molecule has 0 N–H and O–H groups in total. The number of alkyl halides is 2. The fourth-order valence-corrected chi connectivity index (χ4v) is 3.51. The summed E-state index contributed by atoms with van der Waals surface area (Å²) in [5.41, 5.74) is 0.912. The number of halogens is 3. The average Bonchev–Trinajstić information content (AvgIpc) is 2.68. The largest absolute Gasteiger partial charge is 0.370 e. The van der Waals surface area contributed by atoms with E-state index in [-0.39, 0.29) is 30.4 Å². The lowest BCUT2D eigenvalue weighted by Gasteiger charge is -2.33. The third-order valence-electron chi connectivity index (χ3n) is 4.26. The summed E-state index contributed by atoms with van der Waals surface area (Å²) in [5, 5.41) is 0. The highest BCUT2D eigenvalue weighted by Crippen LogP contribution is 2.24. The second-order valence-corrected chi connectivity index (χ2v) is 7.91. The lowest BCUT2D eigenvalue weighted by atomic mass is 10.1. The van der Waals surface area contributed by atoms with Gasteiger partial charge < -0.3 is 9.64 Å². The smallest absolute Gasteiger partial charge is 0.341 e. The van der Waals surface area contributed by atoms with E-state index in [0.29, 0.717) is 6.54 Å². The van der Waals surface area contributed by atoms with Gasteiger partial charge in [-0.25, -0.2) is 12.8 Å². The zero-order valence-electron chi connectivity index (χ0n) is 14.0. The van der Waals surface area contributed by atoms with Crippen LogP contribution in [0.5, 0.6) is 0 Å². The van der Waals surface area contributed by atoms with Gasteiger partial charge in [-0.3, -0.25) is 4.79 Å². The lowest BCUT2D eigenvalue weighted by molar-refractivity contribution is -0.0228. The Bertz CT molecular complexity index is 915. The summed E-state index contributed by atoms with van der Waals surface area (Å²) in [7, 11) is -4.70. The van der Waals surface area contributed by atoms with E-state index in [1.165, 1.54) is 29.2 Å². The molecule has 1 atom stereocenters. The number of hydrogen-bond acceptors (Lipinski definition) is 4. The Kier molecular flexibility index (Phi) is 5.52. The summed E-state index contributed by atoms with van der Waals surface area (Å²) >= 11 is 0. The van der Waals surface area contributed by atoms with E-state index in [9.17, 15) is 26.4 Å². The molecule has 27 heavy (non-hydrogen) atoms. The number of carbonyl (C=O) groups is 1. The maximum Gasteiger partial charge on any atom is 0.341 e. The van der Waals surface area contributed by atoms with Crippen molar-refractivity contribution in [1.82, 2.24) is 4.90 Å². The molecule has 0 aliphatic carbocycles. The number of ether oxygens (including phenoxy) is 1. The van der Waals surface area contributed by atoms with Gasteiger partial charge >= 0.3 is 5.76 Å². The van der Waals surface area contributed by atoms with E-state index < -0.39 is 26.6 Å². The van der Waals surface area contributed by atoms with Gasteiger partial charge in [0.2, 0.25) is 9.84 Å². The Morgan fingerprint density at radius 2 is 1.70 bits per heavy atom. The van der Waals surface area contributed by atoms with E-state index >= 15 is 0 Å². The highest BCUT2D eigenvalue weighted by Gasteiger charge is 2.28. The molecule has 0 radical (unpaired) electrons. The number of nitrogens with zero attached hydrogens (tertiary/aromatic N) is 1. The summed E-state index contributed by atoms with van der Waals surface area (Å²) in [6, 6.07) is 10.2. The fourth-order valence-electron chi connectivity index (χ4n) is 2.79. The van der Waals surface area contributed by atoms with Gasteiger partial charge in [0.25, 0.3) is 5.91 Å². The summed E-state index contributed by atoms with van der Waals surface area (Å²) in [6.45, 7) is 0.848. The molecular formula is C18H16F3NO4S. The van der Waals surface area contributed by atoms with Crippen LogP contribution in [0.1, 0.15) is 22.0 Å². The van der Waals surface area contributed by atoms with Gasteiger partial charge in [0.05, 0.1) is 18.0 Å². The number of sulfone groups is 1. The molecule has 1 heterocycles. The van der Waals surface area contributed by atoms with Crippen LogP contribution in [0.4, 0.5) is 13.2 Å². The molecule has 0 spiro atoms. The molecule has 0 bridgehead atoms. The van der Waals surface area contributed by atoms with Crippen LogP contribution >= 0.6 is 0 Å². The van der Waals surface area contributed by atoms with Crippen molar-refractivity contribution in [2.45, 2.75) is 16.8 Å². The molecule has 1 aliphatic rings. The van der Waals surface area contributed by atoms with Crippen LogP contribution in [0.25, 0.3) is 0 Å². The summed E-state index contributed by atoms with van der Waals surface area (Å²) in [4.78, 5) is 13.6. The average molecular weight is 399 g/mol. The highest BCUT2D eigenvalue weighted by molar-refractivity contribution is 7.91. The molecule has 1 amide bonds. The van der Waals surface area contributed by atoms with E-state index in [0.717, 1.165) is 17.7 Å². The van der Waals surface area contributed by atoms with Crippen molar-refractivity contribution in [2.24, 2.45) is 0 Å². The lowest BCUT2D eigenvalue weighted by Crippen LogP contribution is -2.42. The molecule has 1 unspecified atom stereocenters. The van der Waals surface area contributed by atoms with Crippen molar-refractivity contribution >= 4 is 15.7 Å². The van der Waals surface area contributed by atoms with Crippen molar-refractivity contribution in [2.75, 3.05) is 19.7 Å². The second kappa shape index (κ2) is 7.69. The van der Waals surface area contributed by atoms with Crippen LogP contribution in [0.2, 0.25) is 0 Å². The first-order valence-electron chi connectivity index (χ1n) is 8.07. The molecule has 144 valence electrons. The number of carbonyl (C=O) groups excluding carboxylic acids is 1. The Hall–Kier alpha value is -2.39. The zero-order valence-corrected chi connectivity index (χ0v) is 14.8. The van der Waals surface area contributed by atoms with Crippen molar-refractivity contribution in [1.29, 1.82) is 0 Å². The summed E-state index contributed by atoms with van der Waals surface area (Å²) in [6.07, 6.45) is -0.415. The molecule has 3 rings (SSSR count). The van der Waals surface area contributed by atoms with E-state index in [2.05, 4.69) is 0 Å². The highest BCUT2D eigenvalue weighted by atomic mass is 32.2. The van der Waals surface area contributed by atoms with Crippen LogP contribution in [-0.2, 0) is 14.6 Å². The van der Waals surface area contributed by atoms with Gasteiger partial charge in [-0.05, 0) is 42.0 Å². The van der Waals surface area contributed by atoms with E-state index in [1.807, 2.05) is 0 Å². The Morgan fingerprint density at radius 1 is 1.07 bits per heavy atom. The monoisotopic (exact) mass is 399 g/mol. The van der Waals surface area contributed by atoms with Crippen LogP contribution in [-0.4, -0.2) is 44.7 Å². The molecule has 5 nitrogen and oxygen atoms in total. The molecule has 2 aromatic rings. The Balaban J connectivity index is 1.74. The van der Waals surface area contributed by atoms with Gasteiger partial charge in [0.1, 0.15) is 11.9 Å². The van der Waals surface area contributed by atoms with Gasteiger partial charge in [0.15, 0.2) is 0 Å². The van der Waals surface area contributed by atoms with Crippen molar-refractivity contribution in [3.8, 4) is 0 Å². The third-order valence-corrected chi connectivity index (χ3v) is 5.66. The summed E-state index contributed by atoms with van der Waals surface area (Å²) < 4.78 is 66.7. The van der Waals surface area contributed by atoms with Crippen LogP contribution in [0.15, 0.2) is 53.4 Å². The predicted octanol–water partition coefficient (Wildman–Crippen LogP) is 3.04. The molecule has 1 saturated heterocycles. The maximum atomic E-state index is 13.1. The van der Waals surface area contributed by atoms with Gasteiger partial charge in [0, 0.05) is 12.1 Å². The molecule has 1 aliphatic heterocycles. The quantitative estimate of drug-likeness (QED) is 0.793. The number of hydrogen-bond donors (Lipinski definition) is 0. The Morgan fingerprint density at radius 3 is 2.30 bits per heavy atom. The molecule has 9 heteroatoms. The van der Waals surface area contributed by atoms with Crippen molar-refractivity contribution < 1.29 is 31.1 Å². The summed E-state index contributed by atoms with van der Waals surface area (Å²) in [5.74, 6) is -4.26. The number of amides is 1. The first kappa shape index (κ1) is 19.4. The number of morpholine rings is 1.